The Kier molecular flexibility index (Phi) is 4.89. The maximum absolute atomic E-state index is 12.5. The Balaban J connectivity index is 2.30. The second kappa shape index (κ2) is 6.69. The smallest absolute Gasteiger partial charge is 0.340 e. The predicted molar refractivity (Wildman–Crippen MR) is 90.1 cm³/mol. The molecule has 0 aliphatic carbocycles. The molecular weight excluding hydrogens is 292 g/mol. The van der Waals surface area contributed by atoms with E-state index in [1.165, 1.54) is 0 Å². The number of ether oxygens (including phenoxy) is 1. The molecule has 1 aromatic heterocycles. The van der Waals surface area contributed by atoms with Gasteiger partial charge in [0.05, 0.1) is 12.2 Å². The van der Waals surface area contributed by atoms with Crippen LogP contribution in [-0.2, 0) is 4.74 Å². The molecule has 0 saturated heterocycles. The summed E-state index contributed by atoms with van der Waals surface area (Å²) < 4.78 is 5.04. The van der Waals surface area contributed by atoms with Gasteiger partial charge in [-0.25, -0.2) is 4.79 Å². The number of aromatic amines is 1. The van der Waals surface area contributed by atoms with Crippen LogP contribution in [0.15, 0.2) is 18.2 Å². The van der Waals surface area contributed by atoms with Gasteiger partial charge in [0.25, 0.3) is 5.91 Å². The Hall–Kier alpha value is -2.56. The fraction of sp³-hybridized carbons (Fsp3) is 0.333. The zero-order valence-corrected chi connectivity index (χ0v) is 14.2. The molecule has 0 bridgehead atoms. The van der Waals surface area contributed by atoms with Gasteiger partial charge in [-0.15, -0.1) is 0 Å². The van der Waals surface area contributed by atoms with Crippen molar-refractivity contribution < 1.29 is 14.3 Å². The highest BCUT2D eigenvalue weighted by atomic mass is 16.5. The fourth-order valence-electron chi connectivity index (χ4n) is 2.63. The molecule has 0 atom stereocenters. The zero-order valence-electron chi connectivity index (χ0n) is 14.2. The maximum atomic E-state index is 12.5. The van der Waals surface area contributed by atoms with Crippen LogP contribution >= 0.6 is 0 Å². The third-order valence-electron chi connectivity index (χ3n) is 3.77. The molecule has 5 nitrogen and oxygen atoms in total. The van der Waals surface area contributed by atoms with Crippen LogP contribution in [0.1, 0.15) is 50.2 Å². The van der Waals surface area contributed by atoms with Crippen LogP contribution in [0.3, 0.4) is 0 Å². The molecule has 0 radical (unpaired) electrons. The van der Waals surface area contributed by atoms with Gasteiger partial charge >= 0.3 is 5.97 Å². The number of benzene rings is 1. The van der Waals surface area contributed by atoms with Crippen LogP contribution in [0, 0.1) is 27.7 Å². The summed E-state index contributed by atoms with van der Waals surface area (Å²) in [5.74, 6) is -0.683. The molecule has 5 heteroatoms. The van der Waals surface area contributed by atoms with E-state index in [-0.39, 0.29) is 5.91 Å². The number of esters is 1. The van der Waals surface area contributed by atoms with Gasteiger partial charge in [0.2, 0.25) is 0 Å². The SMILES string of the molecule is CCOC(=O)c1c(C)[nH]c(C(=O)Nc2ccc(C)cc2C)c1C. The van der Waals surface area contributed by atoms with E-state index in [2.05, 4.69) is 10.3 Å². The number of amides is 1. The summed E-state index contributed by atoms with van der Waals surface area (Å²) in [7, 11) is 0. The van der Waals surface area contributed by atoms with E-state index in [0.717, 1.165) is 16.8 Å². The van der Waals surface area contributed by atoms with Crippen LogP contribution in [0.5, 0.6) is 0 Å². The Bertz CT molecular complexity index is 760. The molecule has 0 aliphatic rings. The van der Waals surface area contributed by atoms with Gasteiger partial charge in [-0.3, -0.25) is 4.79 Å². The lowest BCUT2D eigenvalue weighted by molar-refractivity contribution is 0.0525. The monoisotopic (exact) mass is 314 g/mol. The van der Waals surface area contributed by atoms with Crippen molar-refractivity contribution in [3.05, 3.63) is 51.8 Å². The average molecular weight is 314 g/mol. The normalized spacial score (nSPS) is 10.5. The van der Waals surface area contributed by atoms with E-state index in [1.54, 1.807) is 20.8 Å². The van der Waals surface area contributed by atoms with Crippen molar-refractivity contribution in [2.75, 3.05) is 11.9 Å². The molecule has 0 aliphatic heterocycles. The summed E-state index contributed by atoms with van der Waals surface area (Å²) in [5.41, 5.74) is 4.92. The summed E-state index contributed by atoms with van der Waals surface area (Å²) in [6, 6.07) is 5.83. The highest BCUT2D eigenvalue weighted by Gasteiger charge is 2.23. The summed E-state index contributed by atoms with van der Waals surface area (Å²) in [6.07, 6.45) is 0. The lowest BCUT2D eigenvalue weighted by atomic mass is 10.1. The zero-order chi connectivity index (χ0) is 17.1. The molecule has 2 aromatic rings. The van der Waals surface area contributed by atoms with Gasteiger partial charge < -0.3 is 15.0 Å². The Labute approximate surface area is 136 Å². The van der Waals surface area contributed by atoms with E-state index in [1.807, 2.05) is 32.0 Å². The van der Waals surface area contributed by atoms with E-state index in [0.29, 0.717) is 29.1 Å². The Morgan fingerprint density at radius 2 is 1.87 bits per heavy atom. The van der Waals surface area contributed by atoms with E-state index < -0.39 is 5.97 Å². The highest BCUT2D eigenvalue weighted by Crippen LogP contribution is 2.22. The molecule has 0 saturated carbocycles. The van der Waals surface area contributed by atoms with Gasteiger partial charge in [-0.1, -0.05) is 17.7 Å². The molecule has 2 rings (SSSR count). The molecule has 0 fully saturated rings. The number of carbonyl (C=O) groups excluding carboxylic acids is 2. The number of hydrogen-bond acceptors (Lipinski definition) is 3. The molecular formula is C18H22N2O3. The lowest BCUT2D eigenvalue weighted by Gasteiger charge is -2.09. The minimum Gasteiger partial charge on any atom is -0.462 e. The Morgan fingerprint density at radius 3 is 2.48 bits per heavy atom. The number of aryl methyl sites for hydroxylation is 3. The molecule has 1 amide bonds. The van der Waals surface area contributed by atoms with Crippen LogP contribution in [-0.4, -0.2) is 23.5 Å². The molecule has 122 valence electrons. The van der Waals surface area contributed by atoms with Crippen molar-refractivity contribution in [2.45, 2.75) is 34.6 Å². The number of aromatic nitrogens is 1. The second-order valence-corrected chi connectivity index (χ2v) is 5.62. The maximum Gasteiger partial charge on any atom is 0.340 e. The van der Waals surface area contributed by atoms with Crippen LogP contribution in [0.2, 0.25) is 0 Å². The number of hydrogen-bond donors (Lipinski definition) is 2. The number of carbonyl (C=O) groups is 2. The molecule has 2 N–H and O–H groups in total. The van der Waals surface area contributed by atoms with Crippen molar-refractivity contribution in [2.24, 2.45) is 0 Å². The number of H-pyrrole nitrogens is 1. The lowest BCUT2D eigenvalue weighted by Crippen LogP contribution is -2.15. The summed E-state index contributed by atoms with van der Waals surface area (Å²) in [4.78, 5) is 27.5. The minimum atomic E-state index is -0.413. The predicted octanol–water partition coefficient (Wildman–Crippen LogP) is 3.68. The average Bonchev–Trinajstić information content (AvgIpc) is 2.77. The molecule has 23 heavy (non-hydrogen) atoms. The van der Waals surface area contributed by atoms with Gasteiger partial charge in [0.1, 0.15) is 5.69 Å². The van der Waals surface area contributed by atoms with Crippen LogP contribution in [0.25, 0.3) is 0 Å². The first-order valence-corrected chi connectivity index (χ1v) is 7.60. The molecule has 0 spiro atoms. The number of nitrogens with one attached hydrogen (secondary N) is 2. The van der Waals surface area contributed by atoms with Gasteiger partial charge in [-0.05, 0) is 51.8 Å². The van der Waals surface area contributed by atoms with Crippen molar-refractivity contribution in [3.8, 4) is 0 Å². The van der Waals surface area contributed by atoms with Crippen molar-refractivity contribution in [1.29, 1.82) is 0 Å². The van der Waals surface area contributed by atoms with Crippen LogP contribution < -0.4 is 5.32 Å². The fourth-order valence-corrected chi connectivity index (χ4v) is 2.63. The van der Waals surface area contributed by atoms with Crippen molar-refractivity contribution in [3.63, 3.8) is 0 Å². The first-order valence-electron chi connectivity index (χ1n) is 7.60. The van der Waals surface area contributed by atoms with E-state index in [4.69, 9.17) is 4.74 Å². The summed E-state index contributed by atoms with van der Waals surface area (Å²) in [6.45, 7) is 9.50. The summed E-state index contributed by atoms with van der Waals surface area (Å²) in [5, 5.41) is 2.88. The summed E-state index contributed by atoms with van der Waals surface area (Å²) >= 11 is 0. The van der Waals surface area contributed by atoms with Gasteiger partial charge in [0.15, 0.2) is 0 Å². The van der Waals surface area contributed by atoms with Gasteiger partial charge in [-0.2, -0.15) is 0 Å². The first kappa shape index (κ1) is 16.8. The number of rotatable bonds is 4. The quantitative estimate of drug-likeness (QED) is 0.846. The standard InChI is InChI=1S/C18H22N2O3/c1-6-23-18(22)15-12(4)16(19-13(15)5)17(21)20-14-8-7-10(2)9-11(14)3/h7-9,19H,6H2,1-5H3,(H,20,21). The number of anilines is 1. The van der Waals surface area contributed by atoms with E-state index in [9.17, 15) is 9.59 Å². The largest absolute Gasteiger partial charge is 0.462 e. The molecule has 0 unspecified atom stereocenters. The topological polar surface area (TPSA) is 71.2 Å². The van der Waals surface area contributed by atoms with Crippen molar-refractivity contribution in [1.82, 2.24) is 4.98 Å². The molecule has 1 heterocycles. The second-order valence-electron chi connectivity index (χ2n) is 5.62. The van der Waals surface area contributed by atoms with Crippen LogP contribution in [0.4, 0.5) is 5.69 Å². The minimum absolute atomic E-state index is 0.270. The third-order valence-corrected chi connectivity index (χ3v) is 3.77. The van der Waals surface area contributed by atoms with Gasteiger partial charge in [0, 0.05) is 11.4 Å². The van der Waals surface area contributed by atoms with E-state index >= 15 is 0 Å². The first-order chi connectivity index (χ1) is 10.8. The Morgan fingerprint density at radius 1 is 1.17 bits per heavy atom. The highest BCUT2D eigenvalue weighted by molar-refractivity contribution is 6.07. The third kappa shape index (κ3) is 3.44. The molecule has 1 aromatic carbocycles. The van der Waals surface area contributed by atoms with Crippen molar-refractivity contribution >= 4 is 17.6 Å².